The Balaban J connectivity index is 2.94. The summed E-state index contributed by atoms with van der Waals surface area (Å²) in [6.45, 7) is 2.69. The van der Waals surface area contributed by atoms with Crippen LogP contribution >= 0.6 is 12.2 Å². The van der Waals surface area contributed by atoms with Crippen molar-refractivity contribution in [2.45, 2.75) is 6.92 Å². The number of hydrogen-bond acceptors (Lipinski definition) is 3. The van der Waals surface area contributed by atoms with Gasteiger partial charge in [0.1, 0.15) is 16.5 Å². The normalized spacial score (nSPS) is 9.57. The summed E-state index contributed by atoms with van der Waals surface area (Å²) >= 11 is 5.07. The van der Waals surface area contributed by atoms with E-state index in [1.165, 1.54) is 0 Å². The van der Waals surface area contributed by atoms with Gasteiger partial charge in [-0.15, -0.1) is 0 Å². The van der Waals surface area contributed by atoms with Crippen molar-refractivity contribution in [3.05, 3.63) is 23.8 Å². The number of phenols is 1. The second-order valence-electron chi connectivity index (χ2n) is 2.74. The highest BCUT2D eigenvalue weighted by Crippen LogP contribution is 2.23. The van der Waals surface area contributed by atoms with Gasteiger partial charge in [0.15, 0.2) is 0 Å². The zero-order valence-electron chi connectivity index (χ0n) is 8.20. The fourth-order valence-corrected chi connectivity index (χ4v) is 1.40. The lowest BCUT2D eigenvalue weighted by molar-refractivity contribution is 0.407. The molecule has 1 rings (SSSR count). The molecule has 0 saturated carbocycles. The first-order chi connectivity index (χ1) is 6.69. The van der Waals surface area contributed by atoms with Crippen LogP contribution in [-0.2, 0) is 0 Å². The Morgan fingerprint density at radius 2 is 2.29 bits per heavy atom. The van der Waals surface area contributed by atoms with Crippen LogP contribution in [-0.4, -0.2) is 23.7 Å². The summed E-state index contributed by atoms with van der Waals surface area (Å²) in [6.07, 6.45) is 0. The molecule has 0 heterocycles. The van der Waals surface area contributed by atoms with Crippen LogP contribution in [0, 0.1) is 0 Å². The van der Waals surface area contributed by atoms with Gasteiger partial charge in [-0.2, -0.15) is 0 Å². The average Bonchev–Trinajstić information content (AvgIpc) is 2.17. The minimum Gasteiger partial charge on any atom is -0.507 e. The molecule has 0 radical (unpaired) electrons. The Morgan fingerprint density at radius 1 is 1.57 bits per heavy atom. The van der Waals surface area contributed by atoms with Crippen molar-refractivity contribution in [1.82, 2.24) is 5.32 Å². The zero-order valence-corrected chi connectivity index (χ0v) is 9.02. The van der Waals surface area contributed by atoms with Gasteiger partial charge >= 0.3 is 0 Å². The fourth-order valence-electron chi connectivity index (χ4n) is 1.09. The fraction of sp³-hybridized carbons (Fsp3) is 0.300. The molecule has 14 heavy (non-hydrogen) atoms. The Hall–Kier alpha value is -1.29. The van der Waals surface area contributed by atoms with E-state index in [2.05, 4.69) is 5.32 Å². The molecule has 4 heteroatoms. The number of phenolic OH excluding ortho intramolecular Hbond substituents is 1. The van der Waals surface area contributed by atoms with Crippen molar-refractivity contribution in [3.63, 3.8) is 0 Å². The molecule has 0 fully saturated rings. The van der Waals surface area contributed by atoms with Crippen molar-refractivity contribution < 1.29 is 9.84 Å². The summed E-state index contributed by atoms with van der Waals surface area (Å²) in [7, 11) is 1.55. The summed E-state index contributed by atoms with van der Waals surface area (Å²) in [5.41, 5.74) is 0.627. The van der Waals surface area contributed by atoms with E-state index in [9.17, 15) is 5.11 Å². The first-order valence-electron chi connectivity index (χ1n) is 4.34. The number of hydrogen-bond donors (Lipinski definition) is 2. The zero-order chi connectivity index (χ0) is 10.6. The maximum Gasteiger partial charge on any atom is 0.129 e. The maximum atomic E-state index is 9.61. The second kappa shape index (κ2) is 4.81. The van der Waals surface area contributed by atoms with Crippen molar-refractivity contribution in [3.8, 4) is 11.5 Å². The number of ether oxygens (including phenoxy) is 1. The number of nitrogens with one attached hydrogen (secondary N) is 1. The third kappa shape index (κ3) is 2.35. The molecule has 2 N–H and O–H groups in total. The van der Waals surface area contributed by atoms with Crippen LogP contribution in [0.4, 0.5) is 0 Å². The lowest BCUT2D eigenvalue weighted by Gasteiger charge is -2.08. The van der Waals surface area contributed by atoms with Crippen LogP contribution in [0.25, 0.3) is 0 Å². The number of methoxy groups -OCH3 is 1. The van der Waals surface area contributed by atoms with Crippen LogP contribution in [0.5, 0.6) is 11.5 Å². The Kier molecular flexibility index (Phi) is 3.71. The van der Waals surface area contributed by atoms with E-state index in [0.717, 1.165) is 6.54 Å². The number of benzene rings is 1. The molecule has 0 amide bonds. The quantitative estimate of drug-likeness (QED) is 0.746. The second-order valence-corrected chi connectivity index (χ2v) is 3.15. The summed E-state index contributed by atoms with van der Waals surface area (Å²) in [5.74, 6) is 0.751. The van der Waals surface area contributed by atoms with E-state index < -0.39 is 0 Å². The molecule has 76 valence electrons. The van der Waals surface area contributed by atoms with Crippen LogP contribution in [0.1, 0.15) is 12.5 Å². The molecule has 0 spiro atoms. The van der Waals surface area contributed by atoms with Gasteiger partial charge in [0, 0.05) is 12.6 Å². The molecule has 0 atom stereocenters. The van der Waals surface area contributed by atoms with Gasteiger partial charge in [0.2, 0.25) is 0 Å². The number of aromatic hydroxyl groups is 1. The van der Waals surface area contributed by atoms with E-state index in [0.29, 0.717) is 16.3 Å². The highest BCUT2D eigenvalue weighted by Gasteiger charge is 2.06. The largest absolute Gasteiger partial charge is 0.507 e. The van der Waals surface area contributed by atoms with Gasteiger partial charge in [-0.3, -0.25) is 0 Å². The first kappa shape index (κ1) is 10.8. The van der Waals surface area contributed by atoms with Crippen LogP contribution < -0.4 is 10.1 Å². The lowest BCUT2D eigenvalue weighted by atomic mass is 10.2. The van der Waals surface area contributed by atoms with Gasteiger partial charge in [0.05, 0.1) is 12.7 Å². The topological polar surface area (TPSA) is 41.5 Å². The molecule has 0 aliphatic heterocycles. The Labute approximate surface area is 88.7 Å². The molecule has 1 aromatic carbocycles. The first-order valence-corrected chi connectivity index (χ1v) is 4.75. The summed E-state index contributed by atoms with van der Waals surface area (Å²) < 4.78 is 4.97. The van der Waals surface area contributed by atoms with E-state index in [-0.39, 0.29) is 5.75 Å². The predicted molar refractivity (Wildman–Crippen MR) is 60.0 cm³/mol. The minimum atomic E-state index is 0.135. The molecular weight excluding hydrogens is 198 g/mol. The van der Waals surface area contributed by atoms with Gasteiger partial charge in [-0.05, 0) is 19.1 Å². The molecule has 1 aromatic rings. The van der Waals surface area contributed by atoms with Crippen molar-refractivity contribution in [1.29, 1.82) is 0 Å². The van der Waals surface area contributed by atoms with Crippen molar-refractivity contribution in [2.75, 3.05) is 13.7 Å². The highest BCUT2D eigenvalue weighted by molar-refractivity contribution is 7.80. The third-order valence-electron chi connectivity index (χ3n) is 1.79. The summed E-state index contributed by atoms with van der Waals surface area (Å²) in [6, 6.07) is 5.04. The smallest absolute Gasteiger partial charge is 0.129 e. The maximum absolute atomic E-state index is 9.61. The van der Waals surface area contributed by atoms with Gasteiger partial charge < -0.3 is 15.2 Å². The lowest BCUT2D eigenvalue weighted by Crippen LogP contribution is -2.21. The highest BCUT2D eigenvalue weighted by atomic mass is 32.1. The molecule has 0 unspecified atom stereocenters. The number of rotatable bonds is 3. The van der Waals surface area contributed by atoms with E-state index in [1.807, 2.05) is 6.92 Å². The van der Waals surface area contributed by atoms with Gasteiger partial charge in [-0.25, -0.2) is 0 Å². The van der Waals surface area contributed by atoms with Gasteiger partial charge in [0.25, 0.3) is 0 Å². The Morgan fingerprint density at radius 3 is 2.79 bits per heavy atom. The van der Waals surface area contributed by atoms with Crippen LogP contribution in [0.2, 0.25) is 0 Å². The average molecular weight is 211 g/mol. The summed E-state index contributed by atoms with van der Waals surface area (Å²) in [4.78, 5) is 0.549. The molecular formula is C10H13NO2S. The predicted octanol–water partition coefficient (Wildman–Crippen LogP) is 1.69. The molecule has 0 aliphatic rings. The van der Waals surface area contributed by atoms with Gasteiger partial charge in [-0.1, -0.05) is 12.2 Å². The minimum absolute atomic E-state index is 0.135. The van der Waals surface area contributed by atoms with Crippen molar-refractivity contribution >= 4 is 17.2 Å². The standard InChI is InChI=1S/C10H13NO2S/c1-3-11-10(14)8-5-4-7(13-2)6-9(8)12/h4-6,12H,3H2,1-2H3,(H,11,14). The van der Waals surface area contributed by atoms with Crippen LogP contribution in [0.15, 0.2) is 18.2 Å². The summed E-state index contributed by atoms with van der Waals surface area (Å²) in [5, 5.41) is 12.6. The van der Waals surface area contributed by atoms with E-state index in [4.69, 9.17) is 17.0 Å². The third-order valence-corrected chi connectivity index (χ3v) is 2.15. The van der Waals surface area contributed by atoms with E-state index >= 15 is 0 Å². The monoisotopic (exact) mass is 211 g/mol. The Bertz CT molecular complexity index is 339. The van der Waals surface area contributed by atoms with E-state index in [1.54, 1.807) is 25.3 Å². The number of thiocarbonyl (C=S) groups is 1. The SMILES string of the molecule is CCNC(=S)c1ccc(OC)cc1O. The molecule has 0 aliphatic carbocycles. The van der Waals surface area contributed by atoms with Crippen LogP contribution in [0.3, 0.4) is 0 Å². The molecule has 0 saturated heterocycles. The molecule has 0 aromatic heterocycles. The molecule has 0 bridgehead atoms. The van der Waals surface area contributed by atoms with Crippen molar-refractivity contribution in [2.24, 2.45) is 0 Å². The molecule has 3 nitrogen and oxygen atoms in total.